The van der Waals surface area contributed by atoms with Crippen LogP contribution in [-0.4, -0.2) is 54.2 Å². The summed E-state index contributed by atoms with van der Waals surface area (Å²) in [7, 11) is -2.23. The number of nitrogens with zero attached hydrogens (tertiary/aromatic N) is 4. The fourth-order valence-corrected chi connectivity index (χ4v) is 4.78. The number of aromatic nitrogens is 3. The molecule has 1 saturated carbocycles. The van der Waals surface area contributed by atoms with Gasteiger partial charge in [0.05, 0.1) is 18.9 Å². The van der Waals surface area contributed by atoms with Crippen LogP contribution in [0.1, 0.15) is 49.9 Å². The van der Waals surface area contributed by atoms with Crippen molar-refractivity contribution in [3.05, 3.63) is 30.0 Å². The maximum absolute atomic E-state index is 13.2. The Bertz CT molecular complexity index is 894. The number of hydrogen-bond donors (Lipinski definition) is 0. The van der Waals surface area contributed by atoms with E-state index >= 15 is 0 Å². The minimum absolute atomic E-state index is 0.0923. The molecule has 146 valence electrons. The Kier molecular flexibility index (Phi) is 4.87. The molecule has 0 radical (unpaired) electrons. The summed E-state index contributed by atoms with van der Waals surface area (Å²) in [5.41, 5.74) is 0. The number of rotatable bonds is 7. The van der Waals surface area contributed by atoms with E-state index in [4.69, 9.17) is 14.0 Å². The van der Waals surface area contributed by atoms with Gasteiger partial charge in [0.1, 0.15) is 10.9 Å². The van der Waals surface area contributed by atoms with Gasteiger partial charge in [-0.3, -0.25) is 0 Å². The van der Waals surface area contributed by atoms with Crippen molar-refractivity contribution in [1.82, 2.24) is 19.4 Å². The topological polar surface area (TPSA) is 108 Å². The quantitative estimate of drug-likeness (QED) is 0.701. The van der Waals surface area contributed by atoms with Crippen LogP contribution in [0.25, 0.3) is 0 Å². The van der Waals surface area contributed by atoms with E-state index in [0.717, 1.165) is 12.8 Å². The van der Waals surface area contributed by atoms with Gasteiger partial charge in [-0.1, -0.05) is 5.16 Å². The molecule has 1 aliphatic heterocycles. The van der Waals surface area contributed by atoms with Crippen molar-refractivity contribution in [3.8, 4) is 5.88 Å². The Balaban J connectivity index is 1.63. The molecule has 0 aromatic carbocycles. The molecule has 9 nitrogen and oxygen atoms in total. The summed E-state index contributed by atoms with van der Waals surface area (Å²) in [6.07, 6.45) is 3.62. The van der Waals surface area contributed by atoms with Crippen LogP contribution in [0.2, 0.25) is 0 Å². The summed E-state index contributed by atoms with van der Waals surface area (Å²) in [5, 5.41) is 4.02. The molecule has 3 heterocycles. The van der Waals surface area contributed by atoms with Gasteiger partial charge in [-0.25, -0.2) is 13.4 Å². The van der Waals surface area contributed by atoms with Gasteiger partial charge in [-0.2, -0.15) is 9.29 Å². The van der Waals surface area contributed by atoms with Crippen LogP contribution in [-0.2, 0) is 14.8 Å². The van der Waals surface area contributed by atoms with Crippen LogP contribution in [0.3, 0.4) is 0 Å². The third-order valence-corrected chi connectivity index (χ3v) is 6.70. The van der Waals surface area contributed by atoms with Gasteiger partial charge in [0.15, 0.2) is 5.82 Å². The minimum atomic E-state index is -3.80. The van der Waals surface area contributed by atoms with Gasteiger partial charge in [0.25, 0.3) is 0 Å². The third-order valence-electron chi connectivity index (χ3n) is 4.84. The Labute approximate surface area is 157 Å². The van der Waals surface area contributed by atoms with Gasteiger partial charge in [-0.05, 0) is 25.8 Å². The molecule has 2 aliphatic rings. The first-order valence-electron chi connectivity index (χ1n) is 9.00. The zero-order valence-corrected chi connectivity index (χ0v) is 16.1. The highest BCUT2D eigenvalue weighted by atomic mass is 32.2. The van der Waals surface area contributed by atoms with Crippen LogP contribution < -0.4 is 4.74 Å². The van der Waals surface area contributed by atoms with Gasteiger partial charge in [-0.15, -0.1) is 0 Å². The highest BCUT2D eigenvalue weighted by molar-refractivity contribution is 7.89. The molecule has 0 unspecified atom stereocenters. The Morgan fingerprint density at radius 3 is 2.78 bits per heavy atom. The van der Waals surface area contributed by atoms with Gasteiger partial charge in [0.2, 0.25) is 21.8 Å². The Morgan fingerprint density at radius 1 is 1.33 bits per heavy atom. The molecule has 2 atom stereocenters. The monoisotopic (exact) mass is 394 g/mol. The van der Waals surface area contributed by atoms with E-state index in [9.17, 15) is 8.42 Å². The van der Waals surface area contributed by atoms with E-state index in [1.54, 1.807) is 13.2 Å². The summed E-state index contributed by atoms with van der Waals surface area (Å²) in [6.45, 7) is 2.52. The minimum Gasteiger partial charge on any atom is -0.478 e. The summed E-state index contributed by atoms with van der Waals surface area (Å²) in [5.74, 6) is 1.70. The van der Waals surface area contributed by atoms with E-state index in [-0.39, 0.29) is 17.5 Å². The molecule has 2 fully saturated rings. The van der Waals surface area contributed by atoms with Crippen molar-refractivity contribution in [3.63, 3.8) is 0 Å². The SMILES string of the molecule is CCOc1ccc(S(=O)(=O)N2C[C@@H](OC)C[C@@H]2c2nc(C3CC3)no2)cn1. The second kappa shape index (κ2) is 7.17. The van der Waals surface area contributed by atoms with E-state index in [1.165, 1.54) is 16.6 Å². The molecule has 1 aliphatic carbocycles. The zero-order valence-electron chi connectivity index (χ0n) is 15.2. The Hall–Kier alpha value is -2.04. The number of methoxy groups -OCH3 is 1. The molecule has 1 saturated heterocycles. The summed E-state index contributed by atoms with van der Waals surface area (Å²) >= 11 is 0. The molecule has 0 bridgehead atoms. The predicted molar refractivity (Wildman–Crippen MR) is 93.7 cm³/mol. The maximum Gasteiger partial charge on any atom is 0.245 e. The smallest absolute Gasteiger partial charge is 0.245 e. The average molecular weight is 394 g/mol. The number of ether oxygens (including phenoxy) is 2. The van der Waals surface area contributed by atoms with E-state index in [1.807, 2.05) is 6.92 Å². The molecule has 2 aromatic heterocycles. The highest BCUT2D eigenvalue weighted by Gasteiger charge is 2.44. The summed E-state index contributed by atoms with van der Waals surface area (Å²) < 4.78 is 43.9. The van der Waals surface area contributed by atoms with Crippen molar-refractivity contribution >= 4 is 10.0 Å². The van der Waals surface area contributed by atoms with Gasteiger partial charge < -0.3 is 14.0 Å². The molecule has 10 heteroatoms. The lowest BCUT2D eigenvalue weighted by Gasteiger charge is -2.21. The highest BCUT2D eigenvalue weighted by Crippen LogP contribution is 2.41. The molecular formula is C17H22N4O5S. The zero-order chi connectivity index (χ0) is 19.0. The lowest BCUT2D eigenvalue weighted by molar-refractivity contribution is 0.114. The fraction of sp³-hybridized carbons (Fsp3) is 0.588. The predicted octanol–water partition coefficient (Wildman–Crippen LogP) is 1.89. The second-order valence-electron chi connectivity index (χ2n) is 6.71. The second-order valence-corrected chi connectivity index (χ2v) is 8.60. The third kappa shape index (κ3) is 3.56. The van der Waals surface area contributed by atoms with E-state index < -0.39 is 16.1 Å². The number of hydrogen-bond acceptors (Lipinski definition) is 8. The van der Waals surface area contributed by atoms with E-state index in [2.05, 4.69) is 15.1 Å². The van der Waals surface area contributed by atoms with E-state index in [0.29, 0.717) is 36.5 Å². The first kappa shape index (κ1) is 18.3. The molecule has 4 rings (SSSR count). The Morgan fingerprint density at radius 2 is 2.15 bits per heavy atom. The molecule has 0 amide bonds. The van der Waals surface area contributed by atoms with Crippen molar-refractivity contribution < 1.29 is 22.4 Å². The summed E-state index contributed by atoms with van der Waals surface area (Å²) in [6, 6.07) is 2.49. The van der Waals surface area contributed by atoms with Gasteiger partial charge >= 0.3 is 0 Å². The van der Waals surface area contributed by atoms with Crippen LogP contribution >= 0.6 is 0 Å². The van der Waals surface area contributed by atoms with Crippen LogP contribution in [0.15, 0.2) is 27.7 Å². The van der Waals surface area contributed by atoms with Crippen molar-refractivity contribution in [1.29, 1.82) is 0 Å². The number of pyridine rings is 1. The largest absolute Gasteiger partial charge is 0.478 e. The van der Waals surface area contributed by atoms with Crippen LogP contribution in [0.5, 0.6) is 5.88 Å². The lowest BCUT2D eigenvalue weighted by Crippen LogP contribution is -2.32. The molecule has 0 spiro atoms. The molecule has 0 N–H and O–H groups in total. The van der Waals surface area contributed by atoms with Crippen LogP contribution in [0.4, 0.5) is 0 Å². The first-order valence-corrected chi connectivity index (χ1v) is 10.4. The van der Waals surface area contributed by atoms with Gasteiger partial charge in [0, 0.05) is 32.1 Å². The van der Waals surface area contributed by atoms with Crippen LogP contribution in [0, 0.1) is 0 Å². The molecular weight excluding hydrogens is 372 g/mol. The summed E-state index contributed by atoms with van der Waals surface area (Å²) in [4.78, 5) is 8.60. The molecule has 2 aromatic rings. The van der Waals surface area contributed by atoms with Crippen molar-refractivity contribution in [2.24, 2.45) is 0 Å². The lowest BCUT2D eigenvalue weighted by atomic mass is 10.2. The molecule has 27 heavy (non-hydrogen) atoms. The van der Waals surface area contributed by atoms with Crippen molar-refractivity contribution in [2.75, 3.05) is 20.3 Å². The standard InChI is InChI=1S/C17H22N4O5S/c1-3-25-15-7-6-13(9-18-15)27(22,23)21-10-12(24-2)8-14(21)17-19-16(20-26-17)11-4-5-11/h6-7,9,11-12,14H,3-5,8,10H2,1-2H3/t12-,14+/m0/s1. The first-order chi connectivity index (χ1) is 13.0. The average Bonchev–Trinajstić information content (AvgIpc) is 3.23. The maximum atomic E-state index is 13.2. The fourth-order valence-electron chi connectivity index (χ4n) is 3.21. The number of sulfonamides is 1. The van der Waals surface area contributed by atoms with Crippen molar-refractivity contribution in [2.45, 2.75) is 49.1 Å². The normalized spacial score (nSPS) is 23.6.